The van der Waals surface area contributed by atoms with Crippen LogP contribution in [0.5, 0.6) is 0 Å². The first-order valence-corrected chi connectivity index (χ1v) is 8.15. The second-order valence-electron chi connectivity index (χ2n) is 6.14. The van der Waals surface area contributed by atoms with Gasteiger partial charge in [0.15, 0.2) is 0 Å². The van der Waals surface area contributed by atoms with E-state index < -0.39 is 0 Å². The molecule has 0 aliphatic heterocycles. The number of hydrogen-bond acceptors (Lipinski definition) is 2. The standard InChI is InChI=1S/C18H26N2O/c1-21-11-10-19-12-16-14-20(13-15-6-2-3-7-15)18-9-5-4-8-17(16)18/h4-5,8-9,14-15,19H,2-3,6-7,10-13H2,1H3. The Hall–Kier alpha value is -1.32. The summed E-state index contributed by atoms with van der Waals surface area (Å²) in [4.78, 5) is 0. The Bertz CT molecular complexity index is 570. The number of aromatic nitrogens is 1. The average Bonchev–Trinajstić information content (AvgIpc) is 3.13. The summed E-state index contributed by atoms with van der Waals surface area (Å²) in [6.45, 7) is 3.76. The molecule has 114 valence electrons. The van der Waals surface area contributed by atoms with Crippen LogP contribution >= 0.6 is 0 Å². The van der Waals surface area contributed by atoms with E-state index in [4.69, 9.17) is 4.74 Å². The van der Waals surface area contributed by atoms with Crippen LogP contribution in [-0.2, 0) is 17.8 Å². The lowest BCUT2D eigenvalue weighted by atomic mass is 10.1. The molecule has 2 aromatic rings. The molecular weight excluding hydrogens is 260 g/mol. The van der Waals surface area contributed by atoms with Gasteiger partial charge in [-0.1, -0.05) is 31.0 Å². The van der Waals surface area contributed by atoms with Crippen LogP contribution in [-0.4, -0.2) is 24.8 Å². The van der Waals surface area contributed by atoms with Crippen molar-refractivity contribution >= 4 is 10.9 Å². The van der Waals surface area contributed by atoms with E-state index in [1.54, 1.807) is 7.11 Å². The maximum absolute atomic E-state index is 5.09. The highest BCUT2D eigenvalue weighted by atomic mass is 16.5. The summed E-state index contributed by atoms with van der Waals surface area (Å²) < 4.78 is 7.56. The molecule has 0 bridgehead atoms. The van der Waals surface area contributed by atoms with Crippen molar-refractivity contribution in [1.29, 1.82) is 0 Å². The summed E-state index contributed by atoms with van der Waals surface area (Å²) >= 11 is 0. The molecule has 0 saturated heterocycles. The maximum Gasteiger partial charge on any atom is 0.0587 e. The monoisotopic (exact) mass is 286 g/mol. The Morgan fingerprint density at radius 1 is 1.24 bits per heavy atom. The smallest absolute Gasteiger partial charge is 0.0587 e. The molecule has 1 aliphatic carbocycles. The first kappa shape index (κ1) is 14.6. The van der Waals surface area contributed by atoms with E-state index in [1.165, 1.54) is 48.7 Å². The SMILES string of the molecule is COCCNCc1cn(CC2CCCC2)c2ccccc12. The Morgan fingerprint density at radius 3 is 2.86 bits per heavy atom. The van der Waals surface area contributed by atoms with Crippen molar-refractivity contribution in [1.82, 2.24) is 9.88 Å². The molecule has 0 unspecified atom stereocenters. The summed E-state index contributed by atoms with van der Waals surface area (Å²) in [6.07, 6.45) is 7.97. The van der Waals surface area contributed by atoms with Gasteiger partial charge in [-0.15, -0.1) is 0 Å². The Balaban J connectivity index is 1.76. The predicted molar refractivity (Wildman–Crippen MR) is 87.5 cm³/mol. The van der Waals surface area contributed by atoms with Gasteiger partial charge in [0.25, 0.3) is 0 Å². The third-order valence-electron chi connectivity index (χ3n) is 4.60. The van der Waals surface area contributed by atoms with E-state index in [0.717, 1.165) is 25.6 Å². The second kappa shape index (κ2) is 7.10. The maximum atomic E-state index is 5.09. The van der Waals surface area contributed by atoms with Gasteiger partial charge in [0.1, 0.15) is 0 Å². The lowest BCUT2D eigenvalue weighted by Gasteiger charge is -2.11. The van der Waals surface area contributed by atoms with Gasteiger partial charge in [-0.05, 0) is 30.4 Å². The van der Waals surface area contributed by atoms with Crippen molar-refractivity contribution in [2.75, 3.05) is 20.3 Å². The number of benzene rings is 1. The zero-order valence-electron chi connectivity index (χ0n) is 13.0. The zero-order valence-corrected chi connectivity index (χ0v) is 13.0. The summed E-state index contributed by atoms with van der Waals surface area (Å²) in [5.74, 6) is 0.870. The van der Waals surface area contributed by atoms with Crippen LogP contribution in [0, 0.1) is 5.92 Å². The lowest BCUT2D eigenvalue weighted by molar-refractivity contribution is 0.199. The normalized spacial score (nSPS) is 16.0. The van der Waals surface area contributed by atoms with Crippen LogP contribution in [0.15, 0.2) is 30.5 Å². The fourth-order valence-electron chi connectivity index (χ4n) is 3.48. The van der Waals surface area contributed by atoms with Gasteiger partial charge in [-0.25, -0.2) is 0 Å². The van der Waals surface area contributed by atoms with Gasteiger partial charge in [0.05, 0.1) is 6.61 Å². The Labute approximate surface area is 127 Å². The average molecular weight is 286 g/mol. The van der Waals surface area contributed by atoms with Gasteiger partial charge in [0, 0.05) is 43.8 Å². The van der Waals surface area contributed by atoms with Crippen LogP contribution in [0.2, 0.25) is 0 Å². The molecule has 3 nitrogen and oxygen atoms in total. The molecule has 1 aromatic carbocycles. The van der Waals surface area contributed by atoms with Crippen LogP contribution in [0.3, 0.4) is 0 Å². The van der Waals surface area contributed by atoms with E-state index >= 15 is 0 Å². The van der Waals surface area contributed by atoms with E-state index in [2.05, 4.69) is 40.3 Å². The van der Waals surface area contributed by atoms with Crippen molar-refractivity contribution in [3.63, 3.8) is 0 Å². The van der Waals surface area contributed by atoms with Gasteiger partial charge < -0.3 is 14.6 Å². The van der Waals surface area contributed by atoms with Crippen molar-refractivity contribution in [3.8, 4) is 0 Å². The number of nitrogens with zero attached hydrogens (tertiary/aromatic N) is 1. The zero-order chi connectivity index (χ0) is 14.5. The minimum absolute atomic E-state index is 0.765. The molecule has 0 amide bonds. The highest BCUT2D eigenvalue weighted by Gasteiger charge is 2.17. The number of nitrogens with one attached hydrogen (secondary N) is 1. The van der Waals surface area contributed by atoms with Crippen LogP contribution < -0.4 is 5.32 Å². The molecular formula is C18H26N2O. The molecule has 3 rings (SSSR count). The number of fused-ring (bicyclic) bond motifs is 1. The first-order chi connectivity index (χ1) is 10.4. The summed E-state index contributed by atoms with van der Waals surface area (Å²) in [6, 6.07) is 8.78. The molecule has 0 radical (unpaired) electrons. The van der Waals surface area contributed by atoms with Gasteiger partial charge >= 0.3 is 0 Å². The quantitative estimate of drug-likeness (QED) is 0.788. The molecule has 1 aliphatic rings. The van der Waals surface area contributed by atoms with Gasteiger partial charge in [0.2, 0.25) is 0 Å². The minimum atomic E-state index is 0.765. The van der Waals surface area contributed by atoms with Crippen molar-refractivity contribution in [3.05, 3.63) is 36.0 Å². The number of para-hydroxylation sites is 1. The fraction of sp³-hybridized carbons (Fsp3) is 0.556. The number of rotatable bonds is 7. The van der Waals surface area contributed by atoms with Crippen LogP contribution in [0.4, 0.5) is 0 Å². The van der Waals surface area contributed by atoms with Crippen molar-refractivity contribution < 1.29 is 4.74 Å². The third kappa shape index (κ3) is 3.47. The molecule has 1 fully saturated rings. The third-order valence-corrected chi connectivity index (χ3v) is 4.60. The van der Waals surface area contributed by atoms with Gasteiger partial charge in [-0.2, -0.15) is 0 Å². The van der Waals surface area contributed by atoms with E-state index in [0.29, 0.717) is 0 Å². The number of hydrogen-bond donors (Lipinski definition) is 1. The molecule has 1 aromatic heterocycles. The molecule has 1 N–H and O–H groups in total. The molecule has 0 spiro atoms. The predicted octanol–water partition coefficient (Wildman–Crippen LogP) is 3.57. The van der Waals surface area contributed by atoms with E-state index in [9.17, 15) is 0 Å². The number of ether oxygens (including phenoxy) is 1. The van der Waals surface area contributed by atoms with E-state index in [-0.39, 0.29) is 0 Å². The molecule has 3 heteroatoms. The summed E-state index contributed by atoms with van der Waals surface area (Å²) in [5, 5.41) is 4.85. The van der Waals surface area contributed by atoms with E-state index in [1.807, 2.05) is 0 Å². The summed E-state index contributed by atoms with van der Waals surface area (Å²) in [7, 11) is 1.75. The topological polar surface area (TPSA) is 26.2 Å². The first-order valence-electron chi connectivity index (χ1n) is 8.15. The molecule has 0 atom stereocenters. The molecule has 21 heavy (non-hydrogen) atoms. The summed E-state index contributed by atoms with van der Waals surface area (Å²) in [5.41, 5.74) is 2.78. The molecule has 1 saturated carbocycles. The largest absolute Gasteiger partial charge is 0.383 e. The Kier molecular flexibility index (Phi) is 4.94. The second-order valence-corrected chi connectivity index (χ2v) is 6.14. The Morgan fingerprint density at radius 2 is 2.05 bits per heavy atom. The van der Waals surface area contributed by atoms with Crippen molar-refractivity contribution in [2.45, 2.75) is 38.8 Å². The van der Waals surface area contributed by atoms with Crippen LogP contribution in [0.25, 0.3) is 10.9 Å². The highest BCUT2D eigenvalue weighted by Crippen LogP contribution is 2.29. The van der Waals surface area contributed by atoms with Gasteiger partial charge in [-0.3, -0.25) is 0 Å². The van der Waals surface area contributed by atoms with Crippen molar-refractivity contribution in [2.24, 2.45) is 5.92 Å². The minimum Gasteiger partial charge on any atom is -0.383 e. The fourth-order valence-corrected chi connectivity index (χ4v) is 3.48. The lowest BCUT2D eigenvalue weighted by Crippen LogP contribution is -2.18. The molecule has 1 heterocycles. The highest BCUT2D eigenvalue weighted by molar-refractivity contribution is 5.83. The number of methoxy groups -OCH3 is 1. The van der Waals surface area contributed by atoms with Crippen LogP contribution in [0.1, 0.15) is 31.2 Å².